The zero-order valence-corrected chi connectivity index (χ0v) is 10.2. The lowest BCUT2D eigenvalue weighted by molar-refractivity contribution is -0.360. The quantitative estimate of drug-likeness (QED) is 0.477. The number of benzene rings is 1. The molecule has 0 bridgehead atoms. The Morgan fingerprint density at radius 3 is 2.50 bits per heavy atom. The van der Waals surface area contributed by atoms with Crippen LogP contribution < -0.4 is 10.1 Å². The number of rotatable bonds is 7. The summed E-state index contributed by atoms with van der Waals surface area (Å²) < 4.78 is 65.1. The number of halogens is 5. The van der Waals surface area contributed by atoms with Crippen LogP contribution in [0, 0.1) is 0 Å². The average Bonchev–Trinajstić information content (AvgIpc) is 2.33. The number of carbonyl (C=O) groups excluding carboxylic acids is 1. The first-order valence-corrected chi connectivity index (χ1v) is 5.66. The number of nitrogens with one attached hydrogen (secondary N) is 1. The number of aryl methyl sites for hydroxylation is 1. The van der Waals surface area contributed by atoms with Gasteiger partial charge in [-0.2, -0.15) is 22.0 Å². The molecular formula is C12H12F5NO2. The van der Waals surface area contributed by atoms with Crippen LogP contribution in [-0.2, 0) is 11.2 Å². The van der Waals surface area contributed by atoms with Gasteiger partial charge in [0.25, 0.3) is 0 Å². The number of hydrogen-bond donors (Lipinski definition) is 1. The van der Waals surface area contributed by atoms with Crippen LogP contribution >= 0.6 is 0 Å². The van der Waals surface area contributed by atoms with Crippen LogP contribution in [0.5, 0.6) is 5.75 Å². The van der Waals surface area contributed by atoms with Crippen molar-refractivity contribution in [3.63, 3.8) is 0 Å². The zero-order valence-electron chi connectivity index (χ0n) is 10.2. The fraction of sp³-hybridized carbons (Fsp3) is 0.417. The molecule has 3 nitrogen and oxygen atoms in total. The summed E-state index contributed by atoms with van der Waals surface area (Å²) in [7, 11) is 0. The number of ether oxygens (including phenoxy) is 1. The van der Waals surface area contributed by atoms with Crippen molar-refractivity contribution in [2.24, 2.45) is 0 Å². The van der Waals surface area contributed by atoms with Crippen molar-refractivity contribution >= 4 is 6.41 Å². The van der Waals surface area contributed by atoms with Gasteiger partial charge in [0.05, 0.1) is 0 Å². The molecule has 0 saturated carbocycles. The molecule has 0 saturated heterocycles. The van der Waals surface area contributed by atoms with E-state index in [0.29, 0.717) is 31.4 Å². The first kappa shape index (κ1) is 16.2. The van der Waals surface area contributed by atoms with Crippen LogP contribution in [0.3, 0.4) is 0 Å². The smallest absolute Gasteiger partial charge is 0.426 e. The van der Waals surface area contributed by atoms with E-state index in [1.165, 1.54) is 6.07 Å². The lowest BCUT2D eigenvalue weighted by Crippen LogP contribution is -2.41. The van der Waals surface area contributed by atoms with E-state index in [-0.39, 0.29) is 0 Å². The van der Waals surface area contributed by atoms with Gasteiger partial charge in [0.2, 0.25) is 6.41 Å². The Bertz CT molecular complexity index is 448. The summed E-state index contributed by atoms with van der Waals surface area (Å²) in [6, 6.07) is 5.02. The number of carbonyl (C=O) groups is 1. The van der Waals surface area contributed by atoms with Crippen molar-refractivity contribution < 1.29 is 31.5 Å². The number of amides is 1. The molecule has 0 unspecified atom stereocenters. The molecule has 0 radical (unpaired) electrons. The molecular weight excluding hydrogens is 285 g/mol. The summed E-state index contributed by atoms with van der Waals surface area (Å²) in [6.45, 7) is 0.382. The molecule has 1 rings (SSSR count). The fourth-order valence-corrected chi connectivity index (χ4v) is 1.42. The number of alkyl halides is 5. The SMILES string of the molecule is O=CNCCCc1cccc(OC(F)(F)C(F)(F)F)c1. The third-order valence-electron chi connectivity index (χ3n) is 2.34. The Kier molecular flexibility index (Phi) is 5.29. The highest BCUT2D eigenvalue weighted by atomic mass is 19.4. The highest BCUT2D eigenvalue weighted by Gasteiger charge is 2.61. The van der Waals surface area contributed by atoms with Gasteiger partial charge in [-0.15, -0.1) is 0 Å². The maximum absolute atomic E-state index is 12.7. The first-order chi connectivity index (χ1) is 9.26. The fourth-order valence-electron chi connectivity index (χ4n) is 1.42. The van der Waals surface area contributed by atoms with Crippen LogP contribution in [0.1, 0.15) is 12.0 Å². The average molecular weight is 297 g/mol. The molecule has 112 valence electrons. The van der Waals surface area contributed by atoms with Crippen molar-refractivity contribution in [3.05, 3.63) is 29.8 Å². The predicted molar refractivity (Wildman–Crippen MR) is 60.5 cm³/mol. The van der Waals surface area contributed by atoms with Crippen molar-refractivity contribution in [3.8, 4) is 5.75 Å². The van der Waals surface area contributed by atoms with Gasteiger partial charge in [0.15, 0.2) is 0 Å². The molecule has 0 aliphatic heterocycles. The third kappa shape index (κ3) is 4.67. The standard InChI is InChI=1S/C12H12F5NO2/c13-11(14,15)12(16,17)20-10-5-1-3-9(7-10)4-2-6-18-8-19/h1,3,5,7-8H,2,4,6H2,(H,18,19). The molecule has 1 aromatic rings. The molecule has 1 amide bonds. The summed E-state index contributed by atoms with van der Waals surface area (Å²) in [5, 5.41) is 2.41. The van der Waals surface area contributed by atoms with Crippen LogP contribution in [0.4, 0.5) is 22.0 Å². The Labute approximate surface area is 111 Å². The van der Waals surface area contributed by atoms with E-state index < -0.39 is 18.0 Å². The van der Waals surface area contributed by atoms with Crippen LogP contribution in [0.2, 0.25) is 0 Å². The van der Waals surface area contributed by atoms with Gasteiger partial charge in [-0.25, -0.2) is 0 Å². The second-order valence-corrected chi connectivity index (χ2v) is 3.94. The Morgan fingerprint density at radius 1 is 1.20 bits per heavy atom. The van der Waals surface area contributed by atoms with Gasteiger partial charge in [-0.05, 0) is 30.5 Å². The van der Waals surface area contributed by atoms with Gasteiger partial charge in [-0.1, -0.05) is 12.1 Å². The van der Waals surface area contributed by atoms with Crippen molar-refractivity contribution in [1.29, 1.82) is 0 Å². The molecule has 0 atom stereocenters. The molecule has 1 N–H and O–H groups in total. The molecule has 0 aliphatic rings. The minimum atomic E-state index is -5.77. The molecule has 0 fully saturated rings. The van der Waals surface area contributed by atoms with Crippen LogP contribution in [-0.4, -0.2) is 25.2 Å². The minimum absolute atomic E-state index is 0.382. The van der Waals surface area contributed by atoms with Crippen molar-refractivity contribution in [2.45, 2.75) is 25.1 Å². The van der Waals surface area contributed by atoms with Gasteiger partial charge in [0.1, 0.15) is 5.75 Å². The monoisotopic (exact) mass is 297 g/mol. The van der Waals surface area contributed by atoms with Crippen LogP contribution in [0.15, 0.2) is 24.3 Å². The number of hydrogen-bond acceptors (Lipinski definition) is 2. The van der Waals surface area contributed by atoms with E-state index in [4.69, 9.17) is 0 Å². The first-order valence-electron chi connectivity index (χ1n) is 5.66. The maximum atomic E-state index is 12.7. The normalized spacial score (nSPS) is 12.1. The largest absolute Gasteiger partial charge is 0.499 e. The van der Waals surface area contributed by atoms with Gasteiger partial charge in [-0.3, -0.25) is 4.79 Å². The van der Waals surface area contributed by atoms with Crippen molar-refractivity contribution in [1.82, 2.24) is 5.32 Å². The molecule has 0 heterocycles. The summed E-state index contributed by atoms with van der Waals surface area (Å²) in [6.07, 6.45) is -9.54. The summed E-state index contributed by atoms with van der Waals surface area (Å²) in [5.74, 6) is -0.562. The maximum Gasteiger partial charge on any atom is 0.499 e. The minimum Gasteiger partial charge on any atom is -0.426 e. The summed E-state index contributed by atoms with van der Waals surface area (Å²) >= 11 is 0. The highest BCUT2D eigenvalue weighted by Crippen LogP contribution is 2.37. The highest BCUT2D eigenvalue weighted by molar-refractivity contribution is 5.45. The molecule has 8 heteroatoms. The van der Waals surface area contributed by atoms with E-state index in [1.54, 1.807) is 6.07 Å². The topological polar surface area (TPSA) is 38.3 Å². The summed E-state index contributed by atoms with van der Waals surface area (Å²) in [4.78, 5) is 10.0. The van der Waals surface area contributed by atoms with E-state index in [2.05, 4.69) is 10.1 Å². The zero-order chi connectivity index (χ0) is 15.2. The van der Waals surface area contributed by atoms with E-state index in [0.717, 1.165) is 12.1 Å². The van der Waals surface area contributed by atoms with Crippen LogP contribution in [0.25, 0.3) is 0 Å². The van der Waals surface area contributed by atoms with Gasteiger partial charge < -0.3 is 10.1 Å². The predicted octanol–water partition coefficient (Wildman–Crippen LogP) is 2.90. The summed E-state index contributed by atoms with van der Waals surface area (Å²) in [5.41, 5.74) is 0.535. The molecule has 0 spiro atoms. The second kappa shape index (κ2) is 6.53. The molecule has 0 aromatic heterocycles. The Balaban J connectivity index is 2.66. The molecule has 1 aromatic carbocycles. The van der Waals surface area contributed by atoms with Crippen molar-refractivity contribution in [2.75, 3.05) is 6.54 Å². The molecule has 0 aliphatic carbocycles. The Morgan fingerprint density at radius 2 is 1.90 bits per heavy atom. The van der Waals surface area contributed by atoms with Gasteiger partial charge in [0, 0.05) is 6.54 Å². The lowest BCUT2D eigenvalue weighted by Gasteiger charge is -2.20. The second-order valence-electron chi connectivity index (χ2n) is 3.94. The lowest BCUT2D eigenvalue weighted by atomic mass is 10.1. The third-order valence-corrected chi connectivity index (χ3v) is 2.34. The Hall–Kier alpha value is -1.86. The molecule has 20 heavy (non-hydrogen) atoms. The van der Waals surface area contributed by atoms with E-state index >= 15 is 0 Å². The van der Waals surface area contributed by atoms with Gasteiger partial charge >= 0.3 is 12.3 Å². The van der Waals surface area contributed by atoms with E-state index in [1.807, 2.05) is 0 Å². The van der Waals surface area contributed by atoms with E-state index in [9.17, 15) is 26.7 Å².